The minimum atomic E-state index is 0.426. The summed E-state index contributed by atoms with van der Waals surface area (Å²) in [6.45, 7) is 3.29. The Bertz CT molecular complexity index is 431. The van der Waals surface area contributed by atoms with Crippen LogP contribution in [0.1, 0.15) is 18.5 Å². The molecule has 18 heavy (non-hydrogen) atoms. The molecule has 0 unspecified atom stereocenters. The first-order valence-electron chi connectivity index (χ1n) is 6.32. The van der Waals surface area contributed by atoms with Crippen molar-refractivity contribution in [3.05, 3.63) is 18.0 Å². The van der Waals surface area contributed by atoms with E-state index in [0.717, 1.165) is 19.6 Å². The Kier molecular flexibility index (Phi) is 4.11. The van der Waals surface area contributed by atoms with Crippen LogP contribution in [0.3, 0.4) is 0 Å². The van der Waals surface area contributed by atoms with Crippen molar-refractivity contribution in [3.63, 3.8) is 0 Å². The van der Waals surface area contributed by atoms with Gasteiger partial charge in [-0.2, -0.15) is 5.26 Å². The van der Waals surface area contributed by atoms with Crippen molar-refractivity contribution in [3.8, 4) is 6.07 Å². The van der Waals surface area contributed by atoms with Crippen molar-refractivity contribution in [2.75, 3.05) is 38.6 Å². The monoisotopic (exact) mass is 245 g/mol. The van der Waals surface area contributed by atoms with Crippen LogP contribution < -0.4 is 4.90 Å². The second-order valence-electron chi connectivity index (χ2n) is 4.98. The molecule has 2 heterocycles. The van der Waals surface area contributed by atoms with E-state index in [1.807, 2.05) is 13.1 Å². The van der Waals surface area contributed by atoms with Crippen molar-refractivity contribution < 1.29 is 0 Å². The lowest BCUT2D eigenvalue weighted by molar-refractivity contribution is 0.222. The van der Waals surface area contributed by atoms with Gasteiger partial charge in [-0.25, -0.2) is 9.97 Å². The Labute approximate surface area is 108 Å². The second kappa shape index (κ2) is 5.78. The van der Waals surface area contributed by atoms with Crippen LogP contribution in [-0.2, 0) is 0 Å². The molecule has 0 saturated carbocycles. The van der Waals surface area contributed by atoms with Crippen LogP contribution in [0.2, 0.25) is 0 Å². The summed E-state index contributed by atoms with van der Waals surface area (Å²) in [4.78, 5) is 12.9. The number of hydrogen-bond donors (Lipinski definition) is 0. The van der Waals surface area contributed by atoms with E-state index in [9.17, 15) is 0 Å². The van der Waals surface area contributed by atoms with Crippen LogP contribution in [0.4, 0.5) is 5.95 Å². The fourth-order valence-corrected chi connectivity index (χ4v) is 2.31. The minimum absolute atomic E-state index is 0.426. The molecule has 0 radical (unpaired) electrons. The van der Waals surface area contributed by atoms with E-state index in [-0.39, 0.29) is 0 Å². The maximum absolute atomic E-state index is 8.83. The molecular weight excluding hydrogens is 226 g/mol. The molecule has 5 nitrogen and oxygen atoms in total. The first-order valence-corrected chi connectivity index (χ1v) is 6.32. The molecule has 1 saturated heterocycles. The number of anilines is 1. The third-order valence-corrected chi connectivity index (χ3v) is 3.47. The van der Waals surface area contributed by atoms with Gasteiger partial charge in [0, 0.05) is 19.8 Å². The Balaban J connectivity index is 1.95. The van der Waals surface area contributed by atoms with E-state index >= 15 is 0 Å². The summed E-state index contributed by atoms with van der Waals surface area (Å²) in [6.07, 6.45) is 4.09. The zero-order valence-corrected chi connectivity index (χ0v) is 11.0. The van der Waals surface area contributed by atoms with Crippen molar-refractivity contribution in [1.82, 2.24) is 14.9 Å². The zero-order valence-electron chi connectivity index (χ0n) is 11.0. The lowest BCUT2D eigenvalue weighted by Gasteiger charge is -2.31. The van der Waals surface area contributed by atoms with Gasteiger partial charge in [0.2, 0.25) is 5.95 Å². The molecule has 1 aliphatic heterocycles. The number of aromatic nitrogens is 2. The van der Waals surface area contributed by atoms with Crippen LogP contribution in [0.15, 0.2) is 12.3 Å². The largest absolute Gasteiger partial charge is 0.344 e. The van der Waals surface area contributed by atoms with Gasteiger partial charge in [-0.05, 0) is 45.0 Å². The molecule has 96 valence electrons. The van der Waals surface area contributed by atoms with Gasteiger partial charge in [0.1, 0.15) is 11.8 Å². The lowest BCUT2D eigenvalue weighted by Crippen LogP contribution is -2.36. The lowest BCUT2D eigenvalue weighted by atomic mass is 9.97. The molecule has 1 aromatic rings. The molecule has 5 heteroatoms. The van der Waals surface area contributed by atoms with E-state index < -0.39 is 0 Å². The molecule has 2 rings (SSSR count). The fraction of sp³-hybridized carbons (Fsp3) is 0.615. The number of piperidine rings is 1. The quantitative estimate of drug-likeness (QED) is 0.799. The minimum Gasteiger partial charge on any atom is -0.344 e. The molecule has 1 aliphatic rings. The number of rotatable bonds is 3. The summed E-state index contributed by atoms with van der Waals surface area (Å²) >= 11 is 0. The highest BCUT2D eigenvalue weighted by molar-refractivity contribution is 5.32. The number of nitriles is 1. The van der Waals surface area contributed by atoms with Gasteiger partial charge >= 0.3 is 0 Å². The summed E-state index contributed by atoms with van der Waals surface area (Å²) in [7, 11) is 4.16. The van der Waals surface area contributed by atoms with Crippen LogP contribution in [-0.4, -0.2) is 48.6 Å². The summed E-state index contributed by atoms with van der Waals surface area (Å²) < 4.78 is 0. The van der Waals surface area contributed by atoms with Crippen molar-refractivity contribution >= 4 is 5.95 Å². The summed E-state index contributed by atoms with van der Waals surface area (Å²) in [5.74, 6) is 1.34. The van der Waals surface area contributed by atoms with Crippen LogP contribution >= 0.6 is 0 Å². The highest BCUT2D eigenvalue weighted by Crippen LogP contribution is 2.18. The summed E-state index contributed by atoms with van der Waals surface area (Å²) in [6, 6.07) is 3.68. The first kappa shape index (κ1) is 12.8. The average Bonchev–Trinajstić information content (AvgIpc) is 2.41. The van der Waals surface area contributed by atoms with E-state index in [1.54, 1.807) is 12.3 Å². The van der Waals surface area contributed by atoms with Crippen LogP contribution in [0, 0.1) is 17.2 Å². The van der Waals surface area contributed by atoms with Crippen molar-refractivity contribution in [1.29, 1.82) is 5.26 Å². The van der Waals surface area contributed by atoms with E-state index in [4.69, 9.17) is 5.26 Å². The molecule has 0 bridgehead atoms. The highest BCUT2D eigenvalue weighted by Gasteiger charge is 2.19. The number of likely N-dealkylation sites (tertiary alicyclic amines) is 1. The van der Waals surface area contributed by atoms with Gasteiger partial charge in [0.15, 0.2) is 0 Å². The molecule has 0 N–H and O–H groups in total. The number of nitrogens with zero attached hydrogens (tertiary/aromatic N) is 5. The predicted octanol–water partition coefficient (Wildman–Crippen LogP) is 1.13. The second-order valence-corrected chi connectivity index (χ2v) is 4.98. The van der Waals surface area contributed by atoms with Crippen molar-refractivity contribution in [2.45, 2.75) is 12.8 Å². The van der Waals surface area contributed by atoms with Gasteiger partial charge in [-0.3, -0.25) is 0 Å². The molecule has 1 fully saturated rings. The smallest absolute Gasteiger partial charge is 0.226 e. The Hall–Kier alpha value is -1.67. The molecule has 0 atom stereocenters. The molecule has 0 spiro atoms. The third kappa shape index (κ3) is 3.17. The maximum Gasteiger partial charge on any atom is 0.226 e. The number of hydrogen-bond acceptors (Lipinski definition) is 5. The highest BCUT2D eigenvalue weighted by atomic mass is 15.2. The molecule has 1 aromatic heterocycles. The normalized spacial score (nSPS) is 17.4. The SMILES string of the molecule is CN1CCC(CN(C)c2nccc(C#N)n2)CC1. The first-order chi connectivity index (χ1) is 8.69. The zero-order chi connectivity index (χ0) is 13.0. The topological polar surface area (TPSA) is 56.0 Å². The van der Waals surface area contributed by atoms with Crippen molar-refractivity contribution in [2.24, 2.45) is 5.92 Å². The van der Waals surface area contributed by atoms with Gasteiger partial charge < -0.3 is 9.80 Å². The molecular formula is C13H19N5. The van der Waals surface area contributed by atoms with E-state index in [0.29, 0.717) is 17.6 Å². The molecule has 0 amide bonds. The predicted molar refractivity (Wildman–Crippen MR) is 70.2 cm³/mol. The van der Waals surface area contributed by atoms with Crippen LogP contribution in [0.25, 0.3) is 0 Å². The molecule has 0 aliphatic carbocycles. The van der Waals surface area contributed by atoms with E-state index in [1.165, 1.54) is 12.8 Å². The average molecular weight is 245 g/mol. The Morgan fingerprint density at radius 2 is 2.22 bits per heavy atom. The standard InChI is InChI=1S/C13H19N5/c1-17-7-4-11(5-8-17)10-18(2)13-15-6-3-12(9-14)16-13/h3,6,11H,4-5,7-8,10H2,1-2H3. The fourth-order valence-electron chi connectivity index (χ4n) is 2.31. The van der Waals surface area contributed by atoms with Gasteiger partial charge in [-0.1, -0.05) is 0 Å². The Morgan fingerprint density at radius 1 is 1.50 bits per heavy atom. The summed E-state index contributed by atoms with van der Waals surface area (Å²) in [5.41, 5.74) is 0.426. The maximum atomic E-state index is 8.83. The van der Waals surface area contributed by atoms with E-state index in [2.05, 4.69) is 26.8 Å². The van der Waals surface area contributed by atoms with Crippen LogP contribution in [0.5, 0.6) is 0 Å². The van der Waals surface area contributed by atoms with Gasteiger partial charge in [0.05, 0.1) is 0 Å². The third-order valence-electron chi connectivity index (χ3n) is 3.47. The molecule has 0 aromatic carbocycles. The van der Waals surface area contributed by atoms with Gasteiger partial charge in [-0.15, -0.1) is 0 Å². The Morgan fingerprint density at radius 3 is 2.89 bits per heavy atom. The van der Waals surface area contributed by atoms with Gasteiger partial charge in [0.25, 0.3) is 0 Å². The summed E-state index contributed by atoms with van der Waals surface area (Å²) in [5, 5.41) is 8.83.